The molecule has 0 saturated carbocycles. The molecule has 0 aliphatic carbocycles. The van der Waals surface area contributed by atoms with Crippen molar-refractivity contribution in [1.29, 1.82) is 0 Å². The van der Waals surface area contributed by atoms with Gasteiger partial charge >= 0.3 is 0 Å². The van der Waals surface area contributed by atoms with Crippen molar-refractivity contribution in [3.63, 3.8) is 0 Å². The van der Waals surface area contributed by atoms with E-state index in [9.17, 15) is 0 Å². The summed E-state index contributed by atoms with van der Waals surface area (Å²) >= 11 is 3.56. The first-order valence-corrected chi connectivity index (χ1v) is 7.59. The first-order chi connectivity index (χ1) is 8.79. The Morgan fingerprint density at radius 1 is 1.32 bits per heavy atom. The summed E-state index contributed by atoms with van der Waals surface area (Å²) in [5.41, 5.74) is 1.63. The lowest BCUT2D eigenvalue weighted by Crippen LogP contribution is -2.25. The average molecular weight is 328 g/mol. The molecule has 0 aromatic heterocycles. The van der Waals surface area contributed by atoms with Crippen molar-refractivity contribution in [2.75, 3.05) is 14.2 Å². The van der Waals surface area contributed by atoms with Crippen LogP contribution in [0.25, 0.3) is 0 Å². The zero-order valence-electron chi connectivity index (χ0n) is 12.9. The van der Waals surface area contributed by atoms with Gasteiger partial charge in [0, 0.05) is 6.04 Å². The minimum absolute atomic E-state index is 0.332. The summed E-state index contributed by atoms with van der Waals surface area (Å²) in [5.74, 6) is 1.52. The maximum atomic E-state index is 5.28. The van der Waals surface area contributed by atoms with Gasteiger partial charge in [-0.3, -0.25) is 0 Å². The van der Waals surface area contributed by atoms with E-state index in [1.165, 1.54) is 5.56 Å². The average Bonchev–Trinajstić information content (AvgIpc) is 2.34. The van der Waals surface area contributed by atoms with Crippen LogP contribution in [0.3, 0.4) is 0 Å². The van der Waals surface area contributed by atoms with Crippen LogP contribution in [-0.2, 0) is 0 Å². The van der Waals surface area contributed by atoms with Crippen LogP contribution in [0.4, 0.5) is 0 Å². The van der Waals surface area contributed by atoms with Crippen LogP contribution in [-0.4, -0.2) is 14.2 Å². The van der Waals surface area contributed by atoms with E-state index in [1.807, 2.05) is 13.1 Å². The van der Waals surface area contributed by atoms with Gasteiger partial charge in [0.05, 0.1) is 11.6 Å². The Morgan fingerprint density at radius 3 is 2.37 bits per heavy atom. The minimum Gasteiger partial charge on any atom is -0.496 e. The topological polar surface area (TPSA) is 21.3 Å². The fourth-order valence-electron chi connectivity index (χ4n) is 2.03. The molecule has 0 radical (unpaired) electrons. The molecule has 1 rings (SSSR count). The fraction of sp³-hybridized carbons (Fsp3) is 0.625. The fourth-order valence-corrected chi connectivity index (χ4v) is 2.59. The highest BCUT2D eigenvalue weighted by Crippen LogP contribution is 2.35. The van der Waals surface area contributed by atoms with Crippen molar-refractivity contribution in [3.05, 3.63) is 28.2 Å². The smallest absolute Gasteiger partial charge is 0.133 e. The Morgan fingerprint density at radius 2 is 1.95 bits per heavy atom. The van der Waals surface area contributed by atoms with Crippen molar-refractivity contribution >= 4 is 15.9 Å². The second-order valence-electron chi connectivity index (χ2n) is 6.24. The lowest BCUT2D eigenvalue weighted by Gasteiger charge is -2.31. The van der Waals surface area contributed by atoms with Crippen LogP contribution in [0.2, 0.25) is 0 Å². The van der Waals surface area contributed by atoms with Crippen molar-refractivity contribution in [1.82, 2.24) is 5.32 Å². The Bertz CT molecular complexity index is 412. The molecule has 3 heteroatoms. The van der Waals surface area contributed by atoms with Gasteiger partial charge in [0.2, 0.25) is 0 Å². The van der Waals surface area contributed by atoms with Crippen molar-refractivity contribution in [2.24, 2.45) is 11.3 Å². The number of benzene rings is 1. The standard InChI is InChI=1S/C16H26BrNO/c1-11(16(2,3)4)9-14(18-5)12-7-8-15(19-6)13(17)10-12/h7-8,10-11,14,18H,9H2,1-6H3. The van der Waals surface area contributed by atoms with Gasteiger partial charge < -0.3 is 10.1 Å². The van der Waals surface area contributed by atoms with Crippen LogP contribution in [0.1, 0.15) is 45.7 Å². The van der Waals surface area contributed by atoms with Crippen molar-refractivity contribution in [2.45, 2.75) is 40.2 Å². The molecule has 0 bridgehead atoms. The number of nitrogens with one attached hydrogen (secondary N) is 1. The van der Waals surface area contributed by atoms with Crippen LogP contribution in [0.15, 0.2) is 22.7 Å². The Kier molecular flexibility index (Phi) is 5.87. The third-order valence-electron chi connectivity index (χ3n) is 3.99. The van der Waals surface area contributed by atoms with Crippen molar-refractivity contribution < 1.29 is 4.74 Å². The maximum Gasteiger partial charge on any atom is 0.133 e. The van der Waals surface area contributed by atoms with Gasteiger partial charge in [0.1, 0.15) is 5.75 Å². The zero-order valence-corrected chi connectivity index (χ0v) is 14.5. The second kappa shape index (κ2) is 6.76. The lowest BCUT2D eigenvalue weighted by atomic mass is 9.77. The number of hydrogen-bond acceptors (Lipinski definition) is 2. The molecule has 0 heterocycles. The molecule has 0 spiro atoms. The molecule has 108 valence electrons. The Labute approximate surface area is 126 Å². The molecule has 1 aromatic rings. The predicted molar refractivity (Wildman–Crippen MR) is 85.7 cm³/mol. The molecule has 1 aromatic carbocycles. The quantitative estimate of drug-likeness (QED) is 0.839. The van der Waals surface area contributed by atoms with E-state index < -0.39 is 0 Å². The van der Waals surface area contributed by atoms with E-state index in [1.54, 1.807) is 7.11 Å². The van der Waals surface area contributed by atoms with Gasteiger partial charge in [-0.1, -0.05) is 33.8 Å². The van der Waals surface area contributed by atoms with E-state index in [2.05, 4.69) is 61.1 Å². The third kappa shape index (κ3) is 4.50. The molecule has 2 atom stereocenters. The zero-order chi connectivity index (χ0) is 14.6. The molecule has 1 N–H and O–H groups in total. The molecule has 0 fully saturated rings. The third-order valence-corrected chi connectivity index (χ3v) is 4.61. The van der Waals surface area contributed by atoms with Gasteiger partial charge in [-0.2, -0.15) is 0 Å². The Balaban J connectivity index is 2.89. The summed E-state index contributed by atoms with van der Waals surface area (Å²) < 4.78 is 6.29. The number of ether oxygens (including phenoxy) is 1. The van der Waals surface area contributed by atoms with E-state index in [0.717, 1.165) is 16.6 Å². The highest BCUT2D eigenvalue weighted by Gasteiger charge is 2.24. The summed E-state index contributed by atoms with van der Waals surface area (Å²) in [6.45, 7) is 9.22. The maximum absolute atomic E-state index is 5.28. The number of hydrogen-bond donors (Lipinski definition) is 1. The molecule has 2 unspecified atom stereocenters. The van der Waals surface area contributed by atoms with Crippen LogP contribution >= 0.6 is 15.9 Å². The normalized spacial score (nSPS) is 15.1. The molecule has 0 saturated heterocycles. The first kappa shape index (κ1) is 16.5. The molecule has 0 aliphatic heterocycles. The number of rotatable bonds is 5. The van der Waals surface area contributed by atoms with Crippen LogP contribution < -0.4 is 10.1 Å². The molecule has 0 aliphatic rings. The second-order valence-corrected chi connectivity index (χ2v) is 7.09. The van der Waals surface area contributed by atoms with Gasteiger partial charge in [0.15, 0.2) is 0 Å². The SMILES string of the molecule is CNC(CC(C)C(C)(C)C)c1ccc(OC)c(Br)c1. The van der Waals surface area contributed by atoms with Crippen LogP contribution in [0, 0.1) is 11.3 Å². The first-order valence-electron chi connectivity index (χ1n) is 6.80. The minimum atomic E-state index is 0.332. The lowest BCUT2D eigenvalue weighted by molar-refractivity contribution is 0.226. The summed E-state index contributed by atoms with van der Waals surface area (Å²) in [4.78, 5) is 0. The van der Waals surface area contributed by atoms with E-state index in [4.69, 9.17) is 4.74 Å². The van der Waals surface area contributed by atoms with Gasteiger partial charge in [-0.15, -0.1) is 0 Å². The van der Waals surface area contributed by atoms with Gasteiger partial charge in [-0.05, 0) is 58.4 Å². The largest absolute Gasteiger partial charge is 0.496 e. The van der Waals surface area contributed by atoms with E-state index >= 15 is 0 Å². The number of halogens is 1. The molecular weight excluding hydrogens is 302 g/mol. The summed E-state index contributed by atoms with van der Waals surface area (Å²) in [6, 6.07) is 6.68. The Hall–Kier alpha value is -0.540. The van der Waals surface area contributed by atoms with Gasteiger partial charge in [0.25, 0.3) is 0 Å². The monoisotopic (exact) mass is 327 g/mol. The van der Waals surface area contributed by atoms with Crippen LogP contribution in [0.5, 0.6) is 5.75 Å². The molecule has 0 amide bonds. The number of methoxy groups -OCH3 is 1. The predicted octanol–water partition coefficient (Wildman–Crippen LogP) is 4.79. The summed E-state index contributed by atoms with van der Waals surface area (Å²) in [5, 5.41) is 3.42. The van der Waals surface area contributed by atoms with E-state index in [-0.39, 0.29) is 0 Å². The molecule has 19 heavy (non-hydrogen) atoms. The van der Waals surface area contributed by atoms with E-state index in [0.29, 0.717) is 17.4 Å². The summed E-state index contributed by atoms with van der Waals surface area (Å²) in [7, 11) is 3.72. The summed E-state index contributed by atoms with van der Waals surface area (Å²) in [6.07, 6.45) is 1.12. The van der Waals surface area contributed by atoms with Crippen molar-refractivity contribution in [3.8, 4) is 5.75 Å². The highest BCUT2D eigenvalue weighted by molar-refractivity contribution is 9.10. The molecule has 2 nitrogen and oxygen atoms in total. The highest BCUT2D eigenvalue weighted by atomic mass is 79.9. The molecular formula is C16H26BrNO. The van der Waals surface area contributed by atoms with Gasteiger partial charge in [-0.25, -0.2) is 0 Å².